The first-order chi connectivity index (χ1) is 10.5. The molecule has 0 atom stereocenters. The lowest BCUT2D eigenvalue weighted by Gasteiger charge is -2.34. The Kier molecular flexibility index (Phi) is 5.16. The zero-order valence-corrected chi connectivity index (χ0v) is 12.0. The van der Waals surface area contributed by atoms with Gasteiger partial charge in [-0.3, -0.25) is 4.79 Å². The fourth-order valence-corrected chi connectivity index (χ4v) is 2.31. The minimum atomic E-state index is -0.976. The Balaban J connectivity index is 2.04. The summed E-state index contributed by atoms with van der Waals surface area (Å²) >= 11 is 0. The van der Waals surface area contributed by atoms with Gasteiger partial charge in [-0.15, -0.1) is 0 Å². The van der Waals surface area contributed by atoms with Gasteiger partial charge in [0.1, 0.15) is 5.82 Å². The van der Waals surface area contributed by atoms with E-state index in [2.05, 4.69) is 5.32 Å². The maximum Gasteiger partial charge on any atom is 0.407 e. The molecule has 3 N–H and O–H groups in total. The molecule has 1 aromatic rings. The first-order valence-corrected chi connectivity index (χ1v) is 6.94. The van der Waals surface area contributed by atoms with Gasteiger partial charge in [0.15, 0.2) is 0 Å². The summed E-state index contributed by atoms with van der Waals surface area (Å²) in [6, 6.07) is 4.17. The molecular weight excluding hydrogens is 293 g/mol. The van der Waals surface area contributed by atoms with Crippen LogP contribution in [0.2, 0.25) is 0 Å². The molecule has 0 saturated carbocycles. The van der Waals surface area contributed by atoms with E-state index >= 15 is 0 Å². The quantitative estimate of drug-likeness (QED) is 0.746. The van der Waals surface area contributed by atoms with Crippen LogP contribution in [0.25, 0.3) is 0 Å². The number of rotatable bonds is 4. The molecule has 8 heteroatoms. The van der Waals surface area contributed by atoms with Crippen LogP contribution in [0.3, 0.4) is 0 Å². The van der Waals surface area contributed by atoms with E-state index in [0.717, 1.165) is 6.07 Å². The van der Waals surface area contributed by atoms with Crippen molar-refractivity contribution in [2.45, 2.75) is 0 Å². The van der Waals surface area contributed by atoms with Crippen LogP contribution in [-0.2, 0) is 0 Å². The third-order valence-electron chi connectivity index (χ3n) is 3.50. The summed E-state index contributed by atoms with van der Waals surface area (Å²) in [5.41, 5.74) is 0.530. The van der Waals surface area contributed by atoms with Crippen LogP contribution < -0.4 is 10.2 Å². The number of aliphatic hydroxyl groups is 1. The average Bonchev–Trinajstić information content (AvgIpc) is 2.52. The lowest BCUT2D eigenvalue weighted by molar-refractivity contribution is 0.0944. The molecule has 1 aliphatic rings. The number of anilines is 1. The van der Waals surface area contributed by atoms with Crippen molar-refractivity contribution in [2.75, 3.05) is 44.2 Å². The zero-order valence-electron chi connectivity index (χ0n) is 12.0. The Bertz CT molecular complexity index is 559. The lowest BCUT2D eigenvalue weighted by Crippen LogP contribution is -2.48. The standard InChI is InChI=1S/C14H18FN3O4/c15-11-9-10(13(20)16-3-8-19)1-2-12(11)17-4-6-18(7-5-17)14(21)22/h1-2,9,19H,3-8H2,(H,16,20)(H,21,22). The van der Waals surface area contributed by atoms with Crippen molar-refractivity contribution < 1.29 is 24.2 Å². The molecule has 1 fully saturated rings. The van der Waals surface area contributed by atoms with E-state index in [1.165, 1.54) is 17.0 Å². The van der Waals surface area contributed by atoms with Gasteiger partial charge in [-0.25, -0.2) is 9.18 Å². The van der Waals surface area contributed by atoms with Crippen LogP contribution in [-0.4, -0.2) is 66.4 Å². The fraction of sp³-hybridized carbons (Fsp3) is 0.429. The number of hydrogen-bond acceptors (Lipinski definition) is 4. The van der Waals surface area contributed by atoms with Crippen molar-refractivity contribution in [2.24, 2.45) is 0 Å². The monoisotopic (exact) mass is 311 g/mol. The van der Waals surface area contributed by atoms with Gasteiger partial charge in [-0.1, -0.05) is 0 Å². The fourth-order valence-electron chi connectivity index (χ4n) is 2.31. The second-order valence-electron chi connectivity index (χ2n) is 4.90. The molecule has 2 rings (SSSR count). The highest BCUT2D eigenvalue weighted by atomic mass is 19.1. The van der Waals surface area contributed by atoms with E-state index in [1.807, 2.05) is 0 Å². The van der Waals surface area contributed by atoms with Gasteiger partial charge in [0, 0.05) is 38.3 Å². The van der Waals surface area contributed by atoms with E-state index in [-0.39, 0.29) is 18.7 Å². The van der Waals surface area contributed by atoms with Crippen LogP contribution in [0.1, 0.15) is 10.4 Å². The summed E-state index contributed by atoms with van der Waals surface area (Å²) in [5.74, 6) is -0.976. The normalized spacial score (nSPS) is 14.8. The summed E-state index contributed by atoms with van der Waals surface area (Å²) in [4.78, 5) is 25.6. The van der Waals surface area contributed by atoms with Gasteiger partial charge < -0.3 is 25.3 Å². The first-order valence-electron chi connectivity index (χ1n) is 6.94. The molecule has 120 valence electrons. The molecule has 22 heavy (non-hydrogen) atoms. The van der Waals surface area contributed by atoms with E-state index in [1.54, 1.807) is 4.90 Å². The second-order valence-corrected chi connectivity index (χ2v) is 4.90. The summed E-state index contributed by atoms with van der Waals surface area (Å²) in [6.45, 7) is 1.36. The molecule has 0 spiro atoms. The Hall–Kier alpha value is -2.35. The van der Waals surface area contributed by atoms with Crippen LogP contribution in [0, 0.1) is 5.82 Å². The number of halogens is 1. The smallest absolute Gasteiger partial charge is 0.407 e. The van der Waals surface area contributed by atoms with Crippen molar-refractivity contribution in [1.82, 2.24) is 10.2 Å². The van der Waals surface area contributed by atoms with E-state index in [4.69, 9.17) is 10.2 Å². The highest BCUT2D eigenvalue weighted by molar-refractivity contribution is 5.94. The minimum Gasteiger partial charge on any atom is -0.465 e. The van der Waals surface area contributed by atoms with Gasteiger partial charge in [0.25, 0.3) is 5.91 Å². The van der Waals surface area contributed by atoms with Crippen LogP contribution in [0.15, 0.2) is 18.2 Å². The molecule has 0 radical (unpaired) electrons. The maximum atomic E-state index is 14.2. The summed E-state index contributed by atoms with van der Waals surface area (Å²) < 4.78 is 14.2. The van der Waals surface area contributed by atoms with Crippen molar-refractivity contribution >= 4 is 17.7 Å². The molecular formula is C14H18FN3O4. The Morgan fingerprint density at radius 3 is 2.45 bits per heavy atom. The number of carboxylic acid groups (broad SMARTS) is 1. The first kappa shape index (κ1) is 16.0. The molecule has 1 heterocycles. The van der Waals surface area contributed by atoms with Crippen molar-refractivity contribution in [3.05, 3.63) is 29.6 Å². The molecule has 1 aromatic carbocycles. The van der Waals surface area contributed by atoms with Crippen molar-refractivity contribution in [1.29, 1.82) is 0 Å². The number of carbonyl (C=O) groups excluding carboxylic acids is 1. The van der Waals surface area contributed by atoms with Gasteiger partial charge in [-0.2, -0.15) is 0 Å². The van der Waals surface area contributed by atoms with Crippen LogP contribution >= 0.6 is 0 Å². The van der Waals surface area contributed by atoms with Crippen LogP contribution in [0.5, 0.6) is 0 Å². The Morgan fingerprint density at radius 2 is 1.91 bits per heavy atom. The van der Waals surface area contributed by atoms with Crippen LogP contribution in [0.4, 0.5) is 14.9 Å². The topological polar surface area (TPSA) is 93.1 Å². The van der Waals surface area contributed by atoms with Crippen molar-refractivity contribution in [3.8, 4) is 0 Å². The lowest BCUT2D eigenvalue weighted by atomic mass is 10.1. The molecule has 0 unspecified atom stereocenters. The summed E-state index contributed by atoms with van der Waals surface area (Å²) in [7, 11) is 0. The Labute approximate surface area is 126 Å². The second kappa shape index (κ2) is 7.08. The van der Waals surface area contributed by atoms with Gasteiger partial charge in [-0.05, 0) is 18.2 Å². The highest BCUT2D eigenvalue weighted by Crippen LogP contribution is 2.22. The predicted octanol–water partition coefficient (Wildman–Crippen LogP) is 0.348. The largest absolute Gasteiger partial charge is 0.465 e. The third-order valence-corrected chi connectivity index (χ3v) is 3.50. The maximum absolute atomic E-state index is 14.2. The molecule has 0 aliphatic carbocycles. The molecule has 0 aromatic heterocycles. The number of nitrogens with zero attached hydrogens (tertiary/aromatic N) is 2. The molecule has 1 aliphatic heterocycles. The number of carbonyl (C=O) groups is 2. The Morgan fingerprint density at radius 1 is 1.23 bits per heavy atom. The SMILES string of the molecule is O=C(NCCO)c1ccc(N2CCN(C(=O)O)CC2)c(F)c1. The number of hydrogen-bond donors (Lipinski definition) is 3. The molecule has 1 saturated heterocycles. The molecule has 2 amide bonds. The van der Waals surface area contributed by atoms with Gasteiger partial charge in [0.2, 0.25) is 0 Å². The zero-order chi connectivity index (χ0) is 16.1. The van der Waals surface area contributed by atoms with E-state index in [9.17, 15) is 14.0 Å². The summed E-state index contributed by atoms with van der Waals surface area (Å²) in [6.07, 6.45) is -0.976. The predicted molar refractivity (Wildman–Crippen MR) is 77.6 cm³/mol. The van der Waals surface area contributed by atoms with E-state index < -0.39 is 17.8 Å². The number of aliphatic hydroxyl groups excluding tert-OH is 1. The average molecular weight is 311 g/mol. The number of amides is 2. The molecule has 0 bridgehead atoms. The minimum absolute atomic E-state index is 0.110. The van der Waals surface area contributed by atoms with Gasteiger partial charge in [0.05, 0.1) is 12.3 Å². The third kappa shape index (κ3) is 3.64. The highest BCUT2D eigenvalue weighted by Gasteiger charge is 2.22. The van der Waals surface area contributed by atoms with E-state index in [0.29, 0.717) is 31.9 Å². The van der Waals surface area contributed by atoms with Gasteiger partial charge >= 0.3 is 6.09 Å². The number of nitrogens with one attached hydrogen (secondary N) is 1. The number of benzene rings is 1. The summed E-state index contributed by atoms with van der Waals surface area (Å²) in [5, 5.41) is 20.0. The molecule has 7 nitrogen and oxygen atoms in total. The number of piperazine rings is 1. The van der Waals surface area contributed by atoms with Crippen molar-refractivity contribution in [3.63, 3.8) is 0 Å².